The number of benzene rings is 1. The Morgan fingerprint density at radius 3 is 2.44 bits per heavy atom. The van der Waals surface area contributed by atoms with Crippen molar-refractivity contribution in [2.75, 3.05) is 23.7 Å². The molecule has 2 rings (SSSR count). The summed E-state index contributed by atoms with van der Waals surface area (Å²) >= 11 is 0. The number of hydrogen-bond acceptors (Lipinski definition) is 6. The van der Waals surface area contributed by atoms with Crippen molar-refractivity contribution in [3.05, 3.63) is 41.5 Å². The zero-order chi connectivity index (χ0) is 18.8. The minimum Gasteiger partial charge on any atom is -0.360 e. The first-order valence-electron chi connectivity index (χ1n) is 7.18. The summed E-state index contributed by atoms with van der Waals surface area (Å²) < 4.78 is 69.9. The molecule has 0 aliphatic carbocycles. The molecule has 1 aromatic carbocycles. The molecule has 0 saturated heterocycles. The second-order valence-corrected chi connectivity index (χ2v) is 8.98. The zero-order valence-electron chi connectivity index (χ0n) is 13.9. The average Bonchev–Trinajstić information content (AvgIpc) is 2.82. The normalized spacial score (nSPS) is 12.3. The Hall–Kier alpha value is -1.98. The molecule has 11 heteroatoms. The van der Waals surface area contributed by atoms with Crippen LogP contribution in [0, 0.1) is 19.7 Å². The Morgan fingerprint density at radius 1 is 1.24 bits per heavy atom. The zero-order valence-corrected chi connectivity index (χ0v) is 15.5. The van der Waals surface area contributed by atoms with Crippen molar-refractivity contribution in [2.24, 2.45) is 0 Å². The lowest BCUT2D eigenvalue weighted by Gasteiger charge is -2.22. The van der Waals surface area contributed by atoms with Gasteiger partial charge in [-0.15, -0.1) is 0 Å². The van der Waals surface area contributed by atoms with Gasteiger partial charge >= 0.3 is 0 Å². The molecular weight excluding hydrogens is 373 g/mol. The van der Waals surface area contributed by atoms with E-state index >= 15 is 0 Å². The lowest BCUT2D eigenvalue weighted by atomic mass is 10.3. The third-order valence-electron chi connectivity index (χ3n) is 3.34. The van der Waals surface area contributed by atoms with Gasteiger partial charge in [-0.1, -0.05) is 11.2 Å². The number of aryl methyl sites for hydroxylation is 2. The van der Waals surface area contributed by atoms with E-state index in [0.29, 0.717) is 0 Å². The van der Waals surface area contributed by atoms with Gasteiger partial charge in [0.25, 0.3) is 0 Å². The van der Waals surface area contributed by atoms with Crippen molar-refractivity contribution in [2.45, 2.75) is 18.7 Å². The van der Waals surface area contributed by atoms with Gasteiger partial charge in [-0.05, 0) is 32.0 Å². The molecule has 0 spiro atoms. The van der Waals surface area contributed by atoms with Crippen molar-refractivity contribution in [3.63, 3.8) is 0 Å². The highest BCUT2D eigenvalue weighted by atomic mass is 32.2. The van der Waals surface area contributed by atoms with Crippen LogP contribution in [0.15, 0.2) is 33.7 Å². The first-order valence-corrected chi connectivity index (χ1v) is 10.5. The summed E-state index contributed by atoms with van der Waals surface area (Å²) in [6, 6.07) is 5.04. The van der Waals surface area contributed by atoms with Gasteiger partial charge in [-0.25, -0.2) is 25.9 Å². The van der Waals surface area contributed by atoms with E-state index in [1.165, 1.54) is 32.0 Å². The quantitative estimate of drug-likeness (QED) is 0.759. The van der Waals surface area contributed by atoms with E-state index in [1.807, 2.05) is 0 Å². The Bertz CT molecular complexity index is 951. The van der Waals surface area contributed by atoms with Crippen molar-refractivity contribution in [1.29, 1.82) is 0 Å². The average molecular weight is 391 g/mol. The minimum absolute atomic E-state index is 0.0795. The van der Waals surface area contributed by atoms with Gasteiger partial charge in [0.1, 0.15) is 16.4 Å². The molecule has 2 aromatic rings. The van der Waals surface area contributed by atoms with Crippen LogP contribution in [0.2, 0.25) is 0 Å². The lowest BCUT2D eigenvalue weighted by Crippen LogP contribution is -2.38. The van der Waals surface area contributed by atoms with Crippen molar-refractivity contribution >= 4 is 25.7 Å². The number of nitrogens with zero attached hydrogens (tertiary/aromatic N) is 2. The fourth-order valence-electron chi connectivity index (χ4n) is 2.33. The molecule has 0 atom stereocenters. The maximum atomic E-state index is 13.4. The molecule has 0 saturated carbocycles. The maximum Gasteiger partial charge on any atom is 0.246 e. The molecule has 0 aliphatic heterocycles. The van der Waals surface area contributed by atoms with Crippen LogP contribution in [-0.2, 0) is 20.0 Å². The van der Waals surface area contributed by atoms with Gasteiger partial charge in [-0.3, -0.25) is 4.31 Å². The first-order chi connectivity index (χ1) is 11.5. The highest BCUT2D eigenvalue weighted by Crippen LogP contribution is 2.20. The Balaban J connectivity index is 2.17. The summed E-state index contributed by atoms with van der Waals surface area (Å²) in [5.41, 5.74) is 0.314. The van der Waals surface area contributed by atoms with Crippen LogP contribution in [0.5, 0.6) is 0 Å². The molecule has 0 bridgehead atoms. The number of anilines is 1. The summed E-state index contributed by atoms with van der Waals surface area (Å²) in [6.07, 6.45) is 0.959. The molecule has 0 unspecified atom stereocenters. The van der Waals surface area contributed by atoms with Gasteiger partial charge in [0.05, 0.1) is 11.9 Å². The number of rotatable bonds is 7. The third kappa shape index (κ3) is 4.55. The van der Waals surface area contributed by atoms with Gasteiger partial charge in [0, 0.05) is 13.1 Å². The number of halogens is 1. The van der Waals surface area contributed by atoms with Crippen molar-refractivity contribution in [1.82, 2.24) is 9.88 Å². The number of sulfonamides is 2. The number of aromatic nitrogens is 1. The smallest absolute Gasteiger partial charge is 0.246 e. The fraction of sp³-hybridized carbons (Fsp3) is 0.357. The van der Waals surface area contributed by atoms with Crippen molar-refractivity contribution in [3.8, 4) is 0 Å². The highest BCUT2D eigenvalue weighted by Gasteiger charge is 2.25. The molecule has 1 heterocycles. The van der Waals surface area contributed by atoms with Crippen LogP contribution < -0.4 is 9.03 Å². The molecule has 1 N–H and O–H groups in total. The SMILES string of the molecule is Cc1noc(C)c1S(=O)(=O)NCCN(c1cccc(F)c1)S(C)(=O)=O. The molecule has 0 amide bonds. The molecule has 25 heavy (non-hydrogen) atoms. The second kappa shape index (κ2) is 7.10. The molecule has 0 aliphatic rings. The Morgan fingerprint density at radius 2 is 1.92 bits per heavy atom. The summed E-state index contributed by atoms with van der Waals surface area (Å²) in [5, 5.41) is 3.58. The van der Waals surface area contributed by atoms with Gasteiger partial charge in [0.2, 0.25) is 20.0 Å². The second-order valence-electron chi connectivity index (χ2n) is 5.37. The maximum absolute atomic E-state index is 13.4. The predicted octanol–water partition coefficient (Wildman–Crippen LogP) is 1.18. The van der Waals surface area contributed by atoms with E-state index in [0.717, 1.165) is 16.6 Å². The van der Waals surface area contributed by atoms with Gasteiger partial charge in [0.15, 0.2) is 5.76 Å². The van der Waals surface area contributed by atoms with Crippen LogP contribution >= 0.6 is 0 Å². The Labute approximate surface area is 145 Å². The van der Waals surface area contributed by atoms with E-state index < -0.39 is 25.9 Å². The van der Waals surface area contributed by atoms with E-state index in [1.54, 1.807) is 0 Å². The van der Waals surface area contributed by atoms with E-state index in [-0.39, 0.29) is 35.1 Å². The molecule has 1 aromatic heterocycles. The van der Waals surface area contributed by atoms with Crippen LogP contribution in [0.25, 0.3) is 0 Å². The summed E-state index contributed by atoms with van der Waals surface area (Å²) in [5.74, 6) is -0.461. The summed E-state index contributed by atoms with van der Waals surface area (Å²) in [4.78, 5) is -0.0795. The lowest BCUT2D eigenvalue weighted by molar-refractivity contribution is 0.390. The number of hydrogen-bond donors (Lipinski definition) is 1. The first kappa shape index (κ1) is 19.3. The monoisotopic (exact) mass is 391 g/mol. The van der Waals surface area contributed by atoms with Crippen molar-refractivity contribution < 1.29 is 25.7 Å². The number of nitrogens with one attached hydrogen (secondary N) is 1. The van der Waals surface area contributed by atoms with Gasteiger partial charge in [-0.2, -0.15) is 0 Å². The molecule has 0 fully saturated rings. The van der Waals surface area contributed by atoms with Crippen LogP contribution in [0.4, 0.5) is 10.1 Å². The molecular formula is C14H18FN3O5S2. The van der Waals surface area contributed by atoms with Crippen LogP contribution in [0.1, 0.15) is 11.5 Å². The van der Waals surface area contributed by atoms with Crippen LogP contribution in [0.3, 0.4) is 0 Å². The van der Waals surface area contributed by atoms with Gasteiger partial charge < -0.3 is 4.52 Å². The van der Waals surface area contributed by atoms with E-state index in [2.05, 4.69) is 9.88 Å². The summed E-state index contributed by atoms with van der Waals surface area (Å²) in [6.45, 7) is 2.53. The predicted molar refractivity (Wildman–Crippen MR) is 89.8 cm³/mol. The third-order valence-corrected chi connectivity index (χ3v) is 6.24. The molecule has 0 radical (unpaired) electrons. The van der Waals surface area contributed by atoms with Crippen LogP contribution in [-0.4, -0.2) is 41.3 Å². The highest BCUT2D eigenvalue weighted by molar-refractivity contribution is 7.92. The molecule has 138 valence electrons. The Kier molecular flexibility index (Phi) is 5.49. The topological polar surface area (TPSA) is 110 Å². The standard InChI is InChI=1S/C14H18FN3O5S2/c1-10-14(11(2)23-17-10)25(21,22)16-7-8-18(24(3,19)20)13-6-4-5-12(15)9-13/h4-6,9,16H,7-8H2,1-3H3. The summed E-state index contributed by atoms with van der Waals surface area (Å²) in [7, 11) is -7.63. The fourth-order valence-corrected chi connectivity index (χ4v) is 4.60. The molecule has 8 nitrogen and oxygen atoms in total. The largest absolute Gasteiger partial charge is 0.360 e. The van der Waals surface area contributed by atoms with E-state index in [4.69, 9.17) is 4.52 Å². The van der Waals surface area contributed by atoms with E-state index in [9.17, 15) is 21.2 Å². The minimum atomic E-state index is -3.91.